The topological polar surface area (TPSA) is 83.2 Å². The molecule has 3 N–H and O–H groups in total. The van der Waals surface area contributed by atoms with Gasteiger partial charge < -0.3 is 20.4 Å². The Morgan fingerprint density at radius 2 is 1.93 bits per heavy atom. The number of benzene rings is 1. The summed E-state index contributed by atoms with van der Waals surface area (Å²) in [6.45, 7) is 7.98. The van der Waals surface area contributed by atoms with Crippen LogP contribution in [-0.2, 0) is 22.4 Å². The number of piperazine rings is 1. The van der Waals surface area contributed by atoms with Crippen LogP contribution in [0.15, 0.2) is 29.8 Å². The highest BCUT2D eigenvalue weighted by atomic mass is 16.5. The number of carbonyl (C=O) groups excluding carboxylic acids is 2. The minimum Gasteiger partial charge on any atom is -0.497 e. The van der Waals surface area contributed by atoms with Crippen molar-refractivity contribution in [2.45, 2.75) is 52.6 Å². The van der Waals surface area contributed by atoms with Gasteiger partial charge in [-0.15, -0.1) is 0 Å². The minimum atomic E-state index is -0.575. The van der Waals surface area contributed by atoms with E-state index < -0.39 is 12.1 Å². The molecule has 2 atom stereocenters. The molecule has 1 aliphatic rings. The largest absolute Gasteiger partial charge is 0.497 e. The van der Waals surface area contributed by atoms with Crippen LogP contribution in [0.3, 0.4) is 0 Å². The summed E-state index contributed by atoms with van der Waals surface area (Å²) in [5, 5.41) is 6.83. The van der Waals surface area contributed by atoms with E-state index in [4.69, 9.17) is 4.74 Å². The number of ether oxygens (including phenoxy) is 1. The number of aromatic amines is 1. The molecule has 1 aromatic carbocycles. The summed E-state index contributed by atoms with van der Waals surface area (Å²) in [6.07, 6.45) is 3.34. The van der Waals surface area contributed by atoms with Crippen molar-refractivity contribution in [2.75, 3.05) is 7.11 Å². The SMILES string of the molecule is COc1ccc2c(C[C@@H]3NC(=O)[C@H](C(C)C)NC3=O)c(CC=C(C)C)[nH]c2c1. The van der Waals surface area contributed by atoms with Gasteiger partial charge in [0.2, 0.25) is 11.8 Å². The molecule has 6 nitrogen and oxygen atoms in total. The average Bonchev–Trinajstić information content (AvgIpc) is 2.99. The molecule has 0 radical (unpaired) electrons. The van der Waals surface area contributed by atoms with E-state index in [-0.39, 0.29) is 17.7 Å². The number of allylic oxidation sites excluding steroid dienone is 2. The van der Waals surface area contributed by atoms with Gasteiger partial charge in [0, 0.05) is 35.5 Å². The van der Waals surface area contributed by atoms with Gasteiger partial charge in [0.15, 0.2) is 0 Å². The van der Waals surface area contributed by atoms with Crippen molar-refractivity contribution in [1.29, 1.82) is 0 Å². The highest BCUT2D eigenvalue weighted by Gasteiger charge is 2.35. The Hall–Kier alpha value is -2.76. The van der Waals surface area contributed by atoms with Crippen molar-refractivity contribution in [3.05, 3.63) is 41.1 Å². The first-order chi connectivity index (χ1) is 13.3. The predicted octanol–water partition coefficient (Wildman–Crippen LogP) is 2.87. The van der Waals surface area contributed by atoms with Crippen molar-refractivity contribution in [2.24, 2.45) is 5.92 Å². The summed E-state index contributed by atoms with van der Waals surface area (Å²) in [4.78, 5) is 28.5. The fourth-order valence-electron chi connectivity index (χ4n) is 3.59. The zero-order chi connectivity index (χ0) is 20.4. The number of amides is 2. The van der Waals surface area contributed by atoms with Crippen LogP contribution in [-0.4, -0.2) is 36.0 Å². The lowest BCUT2D eigenvalue weighted by atomic mass is 9.95. The van der Waals surface area contributed by atoms with Crippen molar-refractivity contribution in [1.82, 2.24) is 15.6 Å². The molecule has 2 heterocycles. The third-order valence-corrected chi connectivity index (χ3v) is 5.20. The number of rotatable bonds is 6. The van der Waals surface area contributed by atoms with E-state index in [0.717, 1.165) is 34.3 Å². The summed E-state index contributed by atoms with van der Waals surface area (Å²) in [7, 11) is 1.64. The molecule has 0 bridgehead atoms. The predicted molar refractivity (Wildman–Crippen MR) is 110 cm³/mol. The van der Waals surface area contributed by atoms with E-state index in [1.807, 2.05) is 32.0 Å². The van der Waals surface area contributed by atoms with Crippen LogP contribution in [0.1, 0.15) is 39.0 Å². The number of methoxy groups -OCH3 is 1. The molecule has 0 aliphatic carbocycles. The van der Waals surface area contributed by atoms with Gasteiger partial charge in [-0.05, 0) is 37.5 Å². The van der Waals surface area contributed by atoms with E-state index in [0.29, 0.717) is 6.42 Å². The smallest absolute Gasteiger partial charge is 0.243 e. The van der Waals surface area contributed by atoms with Crippen LogP contribution in [0.5, 0.6) is 5.75 Å². The molecule has 0 unspecified atom stereocenters. The van der Waals surface area contributed by atoms with Crippen LogP contribution < -0.4 is 15.4 Å². The first-order valence-electron chi connectivity index (χ1n) is 9.71. The van der Waals surface area contributed by atoms with Crippen molar-refractivity contribution in [3.63, 3.8) is 0 Å². The molecule has 6 heteroatoms. The number of hydrogen-bond acceptors (Lipinski definition) is 3. The molecule has 1 aromatic heterocycles. The van der Waals surface area contributed by atoms with E-state index in [1.165, 1.54) is 5.57 Å². The molecular weight excluding hydrogens is 354 g/mol. The number of aromatic nitrogens is 1. The second-order valence-electron chi connectivity index (χ2n) is 7.97. The van der Waals surface area contributed by atoms with Gasteiger partial charge in [-0.25, -0.2) is 0 Å². The molecule has 1 aliphatic heterocycles. The van der Waals surface area contributed by atoms with Gasteiger partial charge in [-0.2, -0.15) is 0 Å². The lowest BCUT2D eigenvalue weighted by Crippen LogP contribution is -2.63. The zero-order valence-electron chi connectivity index (χ0n) is 17.2. The standard InChI is InChI=1S/C22H29N3O3/c1-12(2)6-9-17-16(15-8-7-14(28-5)10-18(15)23-17)11-19-21(26)25-20(13(3)4)22(27)24-19/h6-8,10,13,19-20,23H,9,11H2,1-5H3,(H,24,27)(H,25,26)/t19-,20-/m0/s1. The third kappa shape index (κ3) is 4.06. The molecule has 1 saturated heterocycles. The number of fused-ring (bicyclic) bond motifs is 1. The quantitative estimate of drug-likeness (QED) is 0.671. The summed E-state index contributed by atoms with van der Waals surface area (Å²) >= 11 is 0. The number of H-pyrrole nitrogens is 1. The second-order valence-corrected chi connectivity index (χ2v) is 7.97. The highest BCUT2D eigenvalue weighted by Crippen LogP contribution is 2.28. The monoisotopic (exact) mass is 383 g/mol. The highest BCUT2D eigenvalue weighted by molar-refractivity contribution is 5.97. The number of hydrogen-bond donors (Lipinski definition) is 3. The van der Waals surface area contributed by atoms with Crippen LogP contribution >= 0.6 is 0 Å². The van der Waals surface area contributed by atoms with Crippen molar-refractivity contribution < 1.29 is 14.3 Å². The Bertz CT molecular complexity index is 922. The number of nitrogens with one attached hydrogen (secondary N) is 3. The molecular formula is C22H29N3O3. The van der Waals surface area contributed by atoms with Crippen LogP contribution in [0.25, 0.3) is 10.9 Å². The van der Waals surface area contributed by atoms with E-state index in [1.54, 1.807) is 7.11 Å². The van der Waals surface area contributed by atoms with Gasteiger partial charge in [0.05, 0.1) is 7.11 Å². The molecule has 150 valence electrons. The second kappa shape index (κ2) is 8.09. The van der Waals surface area contributed by atoms with Crippen molar-refractivity contribution in [3.8, 4) is 5.75 Å². The third-order valence-electron chi connectivity index (χ3n) is 5.20. The van der Waals surface area contributed by atoms with E-state index in [2.05, 4.69) is 35.5 Å². The first-order valence-corrected chi connectivity index (χ1v) is 9.71. The molecule has 2 aromatic rings. The Kier molecular flexibility index (Phi) is 5.77. The number of carbonyl (C=O) groups is 2. The fraction of sp³-hybridized carbons (Fsp3) is 0.455. The fourth-order valence-corrected chi connectivity index (χ4v) is 3.59. The Balaban J connectivity index is 1.94. The molecule has 3 rings (SSSR count). The van der Waals surface area contributed by atoms with Gasteiger partial charge in [-0.3, -0.25) is 9.59 Å². The van der Waals surface area contributed by atoms with Gasteiger partial charge in [0.25, 0.3) is 0 Å². The normalized spacial score (nSPS) is 19.5. The lowest BCUT2D eigenvalue weighted by molar-refractivity contribution is -0.137. The Morgan fingerprint density at radius 3 is 2.57 bits per heavy atom. The molecule has 1 fully saturated rings. The summed E-state index contributed by atoms with van der Waals surface area (Å²) in [5.74, 6) is 0.581. The minimum absolute atomic E-state index is 0.0543. The van der Waals surface area contributed by atoms with E-state index >= 15 is 0 Å². The van der Waals surface area contributed by atoms with Crippen molar-refractivity contribution >= 4 is 22.7 Å². The van der Waals surface area contributed by atoms with E-state index in [9.17, 15) is 9.59 Å². The summed E-state index contributed by atoms with van der Waals surface area (Å²) < 4.78 is 5.33. The summed E-state index contributed by atoms with van der Waals surface area (Å²) in [6, 6.07) is 4.83. The average molecular weight is 383 g/mol. The Morgan fingerprint density at radius 1 is 1.18 bits per heavy atom. The van der Waals surface area contributed by atoms with Crippen LogP contribution in [0.4, 0.5) is 0 Å². The molecule has 2 amide bonds. The van der Waals surface area contributed by atoms with Gasteiger partial charge >= 0.3 is 0 Å². The Labute approximate surface area is 165 Å². The maximum Gasteiger partial charge on any atom is 0.243 e. The van der Waals surface area contributed by atoms with Crippen LogP contribution in [0.2, 0.25) is 0 Å². The maximum atomic E-state index is 12.6. The van der Waals surface area contributed by atoms with Gasteiger partial charge in [-0.1, -0.05) is 25.5 Å². The molecule has 0 saturated carbocycles. The lowest BCUT2D eigenvalue weighted by Gasteiger charge is -2.31. The molecule has 0 spiro atoms. The van der Waals surface area contributed by atoms with Gasteiger partial charge in [0.1, 0.15) is 17.8 Å². The maximum absolute atomic E-state index is 12.6. The summed E-state index contributed by atoms with van der Waals surface area (Å²) in [5.41, 5.74) is 4.30. The molecule has 28 heavy (non-hydrogen) atoms. The van der Waals surface area contributed by atoms with Crippen LogP contribution in [0, 0.1) is 5.92 Å². The zero-order valence-corrected chi connectivity index (χ0v) is 17.2. The first kappa shape index (κ1) is 20.0.